The Morgan fingerprint density at radius 3 is 2.54 bits per heavy atom. The third-order valence-electron chi connectivity index (χ3n) is 5.10. The molecule has 3 heterocycles. The van der Waals surface area contributed by atoms with Gasteiger partial charge in [-0.25, -0.2) is 4.52 Å². The highest BCUT2D eigenvalue weighted by Crippen LogP contribution is 2.30. The van der Waals surface area contributed by atoms with E-state index in [0.717, 1.165) is 47.2 Å². The third-order valence-corrected chi connectivity index (χ3v) is 5.63. The fourth-order valence-corrected chi connectivity index (χ4v) is 3.91. The molecule has 0 N–H and O–H groups in total. The van der Waals surface area contributed by atoms with Crippen LogP contribution >= 0.6 is 15.9 Å². The maximum atomic E-state index is 12.9. The van der Waals surface area contributed by atoms with E-state index in [2.05, 4.69) is 26.1 Å². The molecule has 3 aromatic rings. The van der Waals surface area contributed by atoms with Gasteiger partial charge in [0, 0.05) is 24.7 Å². The summed E-state index contributed by atoms with van der Waals surface area (Å²) in [6, 6.07) is 7.96. The van der Waals surface area contributed by atoms with E-state index in [1.54, 1.807) is 11.6 Å². The fourth-order valence-electron chi connectivity index (χ4n) is 3.64. The molecule has 1 aromatic carbocycles. The number of likely N-dealkylation sites (tertiary alicyclic amines) is 1. The number of fused-ring (bicyclic) bond motifs is 1. The van der Waals surface area contributed by atoms with E-state index in [0.29, 0.717) is 23.6 Å². The van der Waals surface area contributed by atoms with Crippen molar-refractivity contribution >= 4 is 27.5 Å². The van der Waals surface area contributed by atoms with Crippen molar-refractivity contribution in [3.63, 3.8) is 0 Å². The van der Waals surface area contributed by atoms with Crippen LogP contribution in [0.15, 0.2) is 28.7 Å². The second-order valence-corrected chi connectivity index (χ2v) is 7.90. The second kappa shape index (κ2) is 7.97. The Labute approximate surface area is 171 Å². The molecule has 4 rings (SSSR count). The summed E-state index contributed by atoms with van der Waals surface area (Å²) in [5, 5.41) is 13.4. The largest absolute Gasteiger partial charge is 0.378 e. The van der Waals surface area contributed by atoms with Crippen molar-refractivity contribution in [2.75, 3.05) is 20.2 Å². The lowest BCUT2D eigenvalue weighted by molar-refractivity contribution is 0.0715. The predicted molar refractivity (Wildman–Crippen MR) is 109 cm³/mol. The van der Waals surface area contributed by atoms with Crippen molar-refractivity contribution in [3.05, 3.63) is 45.8 Å². The van der Waals surface area contributed by atoms with Gasteiger partial charge in [0.2, 0.25) is 0 Å². The lowest BCUT2D eigenvalue weighted by atomic mass is 10.1. The highest BCUT2D eigenvalue weighted by atomic mass is 79.9. The van der Waals surface area contributed by atoms with Crippen molar-refractivity contribution in [1.82, 2.24) is 24.7 Å². The summed E-state index contributed by atoms with van der Waals surface area (Å²) >= 11 is 3.47. The molecule has 1 aliphatic heterocycles. The molecule has 1 amide bonds. The Morgan fingerprint density at radius 2 is 1.86 bits per heavy atom. The van der Waals surface area contributed by atoms with Gasteiger partial charge in [0.1, 0.15) is 0 Å². The van der Waals surface area contributed by atoms with E-state index in [1.165, 1.54) is 6.42 Å². The van der Waals surface area contributed by atoms with Crippen molar-refractivity contribution in [2.24, 2.45) is 0 Å². The van der Waals surface area contributed by atoms with Crippen LogP contribution in [0.25, 0.3) is 16.8 Å². The number of benzene rings is 1. The molecule has 2 aromatic heterocycles. The van der Waals surface area contributed by atoms with E-state index in [4.69, 9.17) is 9.84 Å². The first-order valence-corrected chi connectivity index (χ1v) is 10.2. The van der Waals surface area contributed by atoms with Crippen LogP contribution < -0.4 is 0 Å². The van der Waals surface area contributed by atoms with Gasteiger partial charge in [0.05, 0.1) is 23.6 Å². The van der Waals surface area contributed by atoms with Crippen LogP contribution in [-0.2, 0) is 11.3 Å². The molecule has 7 nitrogen and oxygen atoms in total. The van der Waals surface area contributed by atoms with E-state index >= 15 is 0 Å². The molecule has 0 saturated carbocycles. The zero-order valence-electron chi connectivity index (χ0n) is 16.0. The van der Waals surface area contributed by atoms with Crippen LogP contribution in [0.4, 0.5) is 0 Å². The van der Waals surface area contributed by atoms with E-state index < -0.39 is 0 Å². The van der Waals surface area contributed by atoms with E-state index in [1.807, 2.05) is 36.1 Å². The second-order valence-electron chi connectivity index (χ2n) is 6.98. The summed E-state index contributed by atoms with van der Waals surface area (Å²) < 4.78 is 8.06. The topological polar surface area (TPSA) is 72.6 Å². The Balaban J connectivity index is 1.82. The number of methoxy groups -OCH3 is 1. The van der Waals surface area contributed by atoms with Gasteiger partial charge in [-0.2, -0.15) is 5.10 Å². The summed E-state index contributed by atoms with van der Waals surface area (Å²) in [5.41, 5.74) is 4.31. The monoisotopic (exact) mass is 443 g/mol. The summed E-state index contributed by atoms with van der Waals surface area (Å²) in [7, 11) is 1.64. The lowest BCUT2D eigenvalue weighted by Crippen LogP contribution is -2.37. The lowest BCUT2D eigenvalue weighted by Gasteiger charge is -2.26. The van der Waals surface area contributed by atoms with Crippen LogP contribution in [0.3, 0.4) is 0 Å². The number of hydrogen-bond donors (Lipinski definition) is 0. The minimum absolute atomic E-state index is 0.0689. The first-order valence-electron chi connectivity index (χ1n) is 9.39. The van der Waals surface area contributed by atoms with Gasteiger partial charge in [-0.15, -0.1) is 10.2 Å². The Bertz CT molecular complexity index is 1010. The minimum Gasteiger partial charge on any atom is -0.378 e. The van der Waals surface area contributed by atoms with Crippen molar-refractivity contribution in [1.29, 1.82) is 0 Å². The smallest absolute Gasteiger partial charge is 0.276 e. The van der Waals surface area contributed by atoms with E-state index in [-0.39, 0.29) is 5.91 Å². The minimum atomic E-state index is -0.0689. The molecule has 28 heavy (non-hydrogen) atoms. The first kappa shape index (κ1) is 19.0. The van der Waals surface area contributed by atoms with Crippen LogP contribution in [0.5, 0.6) is 0 Å². The third kappa shape index (κ3) is 3.42. The standard InChI is InChI=1S/C20H22BrN5O2/c1-13-18(20(27)25-10-4-3-5-11-25)22-23-19-17(14-6-8-15(21)9-7-14)16(12-28-2)24-26(13)19/h6-9H,3-5,10-12H2,1-2H3. The van der Waals surface area contributed by atoms with Gasteiger partial charge in [-0.05, 0) is 43.9 Å². The molecule has 1 aliphatic rings. The van der Waals surface area contributed by atoms with Crippen LogP contribution in [0.2, 0.25) is 0 Å². The van der Waals surface area contributed by atoms with E-state index in [9.17, 15) is 4.79 Å². The van der Waals surface area contributed by atoms with Gasteiger partial charge in [0.25, 0.3) is 5.91 Å². The molecule has 1 fully saturated rings. The fraction of sp³-hybridized carbons (Fsp3) is 0.400. The Morgan fingerprint density at radius 1 is 1.14 bits per heavy atom. The molecule has 0 radical (unpaired) electrons. The molecule has 0 unspecified atom stereocenters. The van der Waals surface area contributed by atoms with Gasteiger partial charge < -0.3 is 9.64 Å². The SMILES string of the molecule is COCc1nn2c(C)c(C(=O)N3CCCCC3)nnc2c1-c1ccc(Br)cc1. The maximum Gasteiger partial charge on any atom is 0.276 e. The van der Waals surface area contributed by atoms with Gasteiger partial charge in [-0.1, -0.05) is 28.1 Å². The molecule has 0 bridgehead atoms. The number of nitrogens with zero attached hydrogens (tertiary/aromatic N) is 5. The number of rotatable bonds is 4. The number of halogens is 1. The first-order chi connectivity index (χ1) is 13.6. The van der Waals surface area contributed by atoms with Crippen molar-refractivity contribution in [2.45, 2.75) is 32.8 Å². The average Bonchev–Trinajstić information content (AvgIpc) is 3.08. The number of hydrogen-bond acceptors (Lipinski definition) is 5. The summed E-state index contributed by atoms with van der Waals surface area (Å²) in [4.78, 5) is 14.8. The number of piperidine rings is 1. The highest BCUT2D eigenvalue weighted by molar-refractivity contribution is 9.10. The van der Waals surface area contributed by atoms with Gasteiger partial charge in [0.15, 0.2) is 11.3 Å². The predicted octanol–water partition coefficient (Wildman–Crippen LogP) is 3.63. The summed E-state index contributed by atoms with van der Waals surface area (Å²) in [5.74, 6) is -0.0689. The summed E-state index contributed by atoms with van der Waals surface area (Å²) in [6.07, 6.45) is 3.24. The highest BCUT2D eigenvalue weighted by Gasteiger charge is 2.25. The molecular formula is C20H22BrN5O2. The van der Waals surface area contributed by atoms with Crippen LogP contribution in [0, 0.1) is 6.92 Å². The van der Waals surface area contributed by atoms with Crippen molar-refractivity contribution in [3.8, 4) is 11.1 Å². The normalized spacial score (nSPS) is 14.6. The van der Waals surface area contributed by atoms with Gasteiger partial charge >= 0.3 is 0 Å². The molecule has 0 spiro atoms. The zero-order valence-corrected chi connectivity index (χ0v) is 17.6. The van der Waals surface area contributed by atoms with Crippen LogP contribution in [-0.4, -0.2) is 50.8 Å². The number of ether oxygens (including phenoxy) is 1. The average molecular weight is 444 g/mol. The van der Waals surface area contributed by atoms with Crippen molar-refractivity contribution < 1.29 is 9.53 Å². The molecular weight excluding hydrogens is 422 g/mol. The summed E-state index contributed by atoms with van der Waals surface area (Å²) in [6.45, 7) is 3.77. The number of aryl methyl sites for hydroxylation is 1. The van der Waals surface area contributed by atoms with Gasteiger partial charge in [-0.3, -0.25) is 4.79 Å². The molecule has 0 atom stereocenters. The van der Waals surface area contributed by atoms with Crippen LogP contribution in [0.1, 0.15) is 41.1 Å². The number of carbonyl (C=O) groups excluding carboxylic acids is 1. The number of aromatic nitrogens is 4. The molecule has 0 aliphatic carbocycles. The quantitative estimate of drug-likeness (QED) is 0.615. The Hall–Kier alpha value is -2.32. The molecule has 8 heteroatoms. The molecule has 1 saturated heterocycles. The number of carbonyl (C=O) groups is 1. The zero-order chi connectivity index (χ0) is 19.7. The number of amides is 1. The Kier molecular flexibility index (Phi) is 5.41. The molecule has 146 valence electrons. The maximum absolute atomic E-state index is 12.9.